The molecule has 0 saturated carbocycles. The Labute approximate surface area is 130 Å². The van der Waals surface area contributed by atoms with Gasteiger partial charge < -0.3 is 10.1 Å². The van der Waals surface area contributed by atoms with Crippen LogP contribution in [0.5, 0.6) is 5.75 Å². The van der Waals surface area contributed by atoms with Crippen LogP contribution < -0.4 is 0 Å². The molecule has 23 heavy (non-hydrogen) atoms. The Balaban J connectivity index is 2.10. The normalized spacial score (nSPS) is 11.3. The lowest BCUT2D eigenvalue weighted by atomic mass is 10.1. The van der Waals surface area contributed by atoms with Gasteiger partial charge >= 0.3 is 0 Å². The van der Waals surface area contributed by atoms with Crippen LogP contribution in [0.2, 0.25) is 0 Å². The zero-order chi connectivity index (χ0) is 16.4. The standard InChI is InChI=1S/C16H10N4O3/c17-9-11(16-18-13-3-1-2-4-14(13)19-16)7-10-8-12(20(22)23)5-6-15(10)21/h1-8,21H,(H,18,19). The van der Waals surface area contributed by atoms with Crippen molar-refractivity contribution < 1.29 is 10.0 Å². The van der Waals surface area contributed by atoms with Crippen molar-refractivity contribution in [3.8, 4) is 11.8 Å². The molecule has 0 unspecified atom stereocenters. The number of phenolic OH excluding ortho intramolecular Hbond substituents is 1. The van der Waals surface area contributed by atoms with E-state index in [0.29, 0.717) is 11.3 Å². The highest BCUT2D eigenvalue weighted by Crippen LogP contribution is 2.27. The molecule has 0 radical (unpaired) electrons. The first-order valence-corrected chi connectivity index (χ1v) is 6.63. The van der Waals surface area contributed by atoms with Crippen LogP contribution in [0.1, 0.15) is 11.4 Å². The van der Waals surface area contributed by atoms with Gasteiger partial charge in [0.15, 0.2) is 0 Å². The number of hydrogen-bond donors (Lipinski definition) is 2. The second-order valence-electron chi connectivity index (χ2n) is 4.77. The van der Waals surface area contributed by atoms with E-state index in [1.807, 2.05) is 24.3 Å². The predicted octanol–water partition coefficient (Wildman–Crippen LogP) is 3.24. The second-order valence-corrected chi connectivity index (χ2v) is 4.77. The molecule has 0 saturated heterocycles. The number of aromatic hydroxyl groups is 1. The van der Waals surface area contributed by atoms with Crippen LogP contribution in [0.15, 0.2) is 42.5 Å². The van der Waals surface area contributed by atoms with Crippen LogP contribution in [0.4, 0.5) is 5.69 Å². The van der Waals surface area contributed by atoms with E-state index >= 15 is 0 Å². The third-order valence-electron chi connectivity index (χ3n) is 3.29. The molecule has 1 heterocycles. The molecule has 0 bridgehead atoms. The Morgan fingerprint density at radius 3 is 2.83 bits per heavy atom. The number of nitriles is 1. The molecule has 112 valence electrons. The van der Waals surface area contributed by atoms with Gasteiger partial charge in [-0.05, 0) is 24.3 Å². The lowest BCUT2D eigenvalue weighted by molar-refractivity contribution is -0.384. The lowest BCUT2D eigenvalue weighted by Gasteiger charge is -2.00. The van der Waals surface area contributed by atoms with Gasteiger partial charge in [-0.2, -0.15) is 5.26 Å². The maximum Gasteiger partial charge on any atom is 0.270 e. The molecule has 0 spiro atoms. The second kappa shape index (κ2) is 5.61. The van der Waals surface area contributed by atoms with E-state index in [2.05, 4.69) is 9.97 Å². The van der Waals surface area contributed by atoms with E-state index in [1.54, 1.807) is 6.07 Å². The Morgan fingerprint density at radius 2 is 2.13 bits per heavy atom. The van der Waals surface area contributed by atoms with Crippen LogP contribution in [0, 0.1) is 21.4 Å². The smallest absolute Gasteiger partial charge is 0.270 e. The van der Waals surface area contributed by atoms with Gasteiger partial charge in [-0.15, -0.1) is 0 Å². The van der Waals surface area contributed by atoms with Gasteiger partial charge in [0, 0.05) is 17.7 Å². The molecule has 0 aliphatic heterocycles. The predicted molar refractivity (Wildman–Crippen MR) is 84.3 cm³/mol. The summed E-state index contributed by atoms with van der Waals surface area (Å²) in [6.45, 7) is 0. The van der Waals surface area contributed by atoms with Crippen molar-refractivity contribution in [3.63, 3.8) is 0 Å². The summed E-state index contributed by atoms with van der Waals surface area (Å²) in [7, 11) is 0. The van der Waals surface area contributed by atoms with Gasteiger partial charge in [-0.3, -0.25) is 10.1 Å². The summed E-state index contributed by atoms with van der Waals surface area (Å²) in [5.41, 5.74) is 1.64. The molecule has 0 atom stereocenters. The number of nitrogens with one attached hydrogen (secondary N) is 1. The molecule has 0 fully saturated rings. The number of nitro benzene ring substituents is 1. The molecule has 3 aromatic rings. The largest absolute Gasteiger partial charge is 0.507 e. The number of allylic oxidation sites excluding steroid dienone is 1. The SMILES string of the molecule is N#CC(=Cc1cc([N+](=O)[O-])ccc1O)c1nc2ccccc2[nH]1. The van der Waals surface area contributed by atoms with Crippen LogP contribution >= 0.6 is 0 Å². The fourth-order valence-electron chi connectivity index (χ4n) is 2.16. The van der Waals surface area contributed by atoms with Crippen molar-refractivity contribution in [1.29, 1.82) is 5.26 Å². The Kier molecular flexibility index (Phi) is 3.49. The van der Waals surface area contributed by atoms with Gasteiger partial charge in [0.1, 0.15) is 17.6 Å². The van der Waals surface area contributed by atoms with Crippen LogP contribution in [0.3, 0.4) is 0 Å². The number of fused-ring (bicyclic) bond motifs is 1. The Morgan fingerprint density at radius 1 is 1.35 bits per heavy atom. The summed E-state index contributed by atoms with van der Waals surface area (Å²) in [6, 6.07) is 12.9. The third kappa shape index (κ3) is 2.73. The summed E-state index contributed by atoms with van der Waals surface area (Å²) in [4.78, 5) is 17.6. The minimum Gasteiger partial charge on any atom is -0.507 e. The van der Waals surface area contributed by atoms with E-state index in [-0.39, 0.29) is 22.6 Å². The zero-order valence-electron chi connectivity index (χ0n) is 11.7. The first-order valence-electron chi connectivity index (χ1n) is 6.63. The summed E-state index contributed by atoms with van der Waals surface area (Å²) >= 11 is 0. The van der Waals surface area contributed by atoms with Crippen molar-refractivity contribution in [2.24, 2.45) is 0 Å². The molecular weight excluding hydrogens is 296 g/mol. The molecule has 0 amide bonds. The van der Waals surface area contributed by atoms with Gasteiger partial charge in [0.2, 0.25) is 0 Å². The fraction of sp³-hybridized carbons (Fsp3) is 0. The van der Waals surface area contributed by atoms with E-state index in [4.69, 9.17) is 0 Å². The lowest BCUT2D eigenvalue weighted by Crippen LogP contribution is -1.89. The first kappa shape index (κ1) is 14.3. The minimum atomic E-state index is -0.565. The summed E-state index contributed by atoms with van der Waals surface area (Å²) in [5, 5.41) is 30.0. The van der Waals surface area contributed by atoms with Crippen LogP contribution in [-0.2, 0) is 0 Å². The molecule has 1 aromatic heterocycles. The quantitative estimate of drug-likeness (QED) is 0.437. The molecular formula is C16H10N4O3. The number of nitrogens with zero attached hydrogens (tertiary/aromatic N) is 3. The van der Waals surface area contributed by atoms with Crippen LogP contribution in [-0.4, -0.2) is 20.0 Å². The van der Waals surface area contributed by atoms with Crippen LogP contribution in [0.25, 0.3) is 22.7 Å². The third-order valence-corrected chi connectivity index (χ3v) is 3.29. The van der Waals surface area contributed by atoms with E-state index < -0.39 is 4.92 Å². The maximum atomic E-state index is 10.8. The summed E-state index contributed by atoms with van der Waals surface area (Å²) in [6.07, 6.45) is 1.36. The Hall–Kier alpha value is -3.66. The van der Waals surface area contributed by atoms with Crippen molar-refractivity contribution in [1.82, 2.24) is 9.97 Å². The van der Waals surface area contributed by atoms with E-state index in [9.17, 15) is 20.5 Å². The van der Waals surface area contributed by atoms with Crippen molar-refractivity contribution in [2.45, 2.75) is 0 Å². The minimum absolute atomic E-state index is 0.153. The first-order chi connectivity index (χ1) is 11.1. The van der Waals surface area contributed by atoms with Gasteiger partial charge in [0.05, 0.1) is 21.5 Å². The average Bonchev–Trinajstić information content (AvgIpc) is 2.97. The molecule has 0 aliphatic carbocycles. The monoisotopic (exact) mass is 306 g/mol. The topological polar surface area (TPSA) is 116 Å². The molecule has 3 rings (SSSR count). The molecule has 0 aliphatic rings. The van der Waals surface area contributed by atoms with Crippen molar-refractivity contribution >= 4 is 28.4 Å². The van der Waals surface area contributed by atoms with E-state index in [0.717, 1.165) is 5.52 Å². The molecule has 2 N–H and O–H groups in total. The Bertz CT molecular complexity index is 949. The number of aromatic nitrogens is 2. The number of phenols is 1. The number of non-ortho nitro benzene ring substituents is 1. The number of nitro groups is 1. The summed E-state index contributed by atoms with van der Waals surface area (Å²) < 4.78 is 0. The van der Waals surface area contributed by atoms with Gasteiger partial charge in [-0.25, -0.2) is 4.98 Å². The number of rotatable bonds is 3. The average molecular weight is 306 g/mol. The highest BCUT2D eigenvalue weighted by atomic mass is 16.6. The number of hydrogen-bond acceptors (Lipinski definition) is 5. The number of benzene rings is 2. The highest BCUT2D eigenvalue weighted by Gasteiger charge is 2.12. The van der Waals surface area contributed by atoms with Crippen molar-refractivity contribution in [3.05, 3.63) is 64.0 Å². The number of imidazole rings is 1. The van der Waals surface area contributed by atoms with Crippen molar-refractivity contribution in [2.75, 3.05) is 0 Å². The fourth-order valence-corrected chi connectivity index (χ4v) is 2.16. The number of para-hydroxylation sites is 2. The molecule has 7 nitrogen and oxygen atoms in total. The highest BCUT2D eigenvalue weighted by molar-refractivity contribution is 5.91. The number of aromatic amines is 1. The summed E-state index contributed by atoms with van der Waals surface area (Å²) in [5.74, 6) is 0.180. The van der Waals surface area contributed by atoms with Gasteiger partial charge in [0.25, 0.3) is 5.69 Å². The van der Waals surface area contributed by atoms with E-state index in [1.165, 1.54) is 24.3 Å². The molecule has 7 heteroatoms. The molecule has 2 aromatic carbocycles. The zero-order valence-corrected chi connectivity index (χ0v) is 11.7. The van der Waals surface area contributed by atoms with Gasteiger partial charge in [-0.1, -0.05) is 12.1 Å². The number of H-pyrrole nitrogens is 1. The maximum absolute atomic E-state index is 10.8.